The lowest BCUT2D eigenvalue weighted by molar-refractivity contribution is 0.171. The first-order valence-electron chi connectivity index (χ1n) is 6.95. The van der Waals surface area contributed by atoms with Gasteiger partial charge in [0.2, 0.25) is 0 Å². The maximum atomic E-state index is 8.77. The molecule has 0 amide bonds. The van der Waals surface area contributed by atoms with E-state index in [1.54, 1.807) is 12.3 Å². The fraction of sp³-hybridized carbons (Fsp3) is 0.600. The third-order valence-corrected chi connectivity index (χ3v) is 4.05. The van der Waals surface area contributed by atoms with Crippen molar-refractivity contribution in [2.45, 2.75) is 38.8 Å². The molecule has 0 unspecified atom stereocenters. The SMILES string of the molecule is CC(C)N1CCC(N(C)c2ccc(C#N)nc2)CC1. The summed E-state index contributed by atoms with van der Waals surface area (Å²) in [5.41, 5.74) is 1.58. The number of nitrogens with zero attached hydrogens (tertiary/aromatic N) is 4. The second-order valence-electron chi connectivity index (χ2n) is 5.49. The molecule has 1 aromatic rings. The molecule has 19 heavy (non-hydrogen) atoms. The van der Waals surface area contributed by atoms with Crippen LogP contribution in [0.4, 0.5) is 5.69 Å². The lowest BCUT2D eigenvalue weighted by Crippen LogP contribution is -2.45. The number of likely N-dealkylation sites (tertiary alicyclic amines) is 1. The van der Waals surface area contributed by atoms with E-state index >= 15 is 0 Å². The third kappa shape index (κ3) is 3.24. The lowest BCUT2D eigenvalue weighted by atomic mass is 10.0. The second kappa shape index (κ2) is 6.03. The van der Waals surface area contributed by atoms with Gasteiger partial charge in [0.15, 0.2) is 0 Å². The Balaban J connectivity index is 1.97. The number of hydrogen-bond donors (Lipinski definition) is 0. The molecule has 0 spiro atoms. The van der Waals surface area contributed by atoms with Crippen molar-refractivity contribution >= 4 is 5.69 Å². The molecule has 1 aliphatic rings. The Hall–Kier alpha value is -1.60. The van der Waals surface area contributed by atoms with Crippen LogP contribution >= 0.6 is 0 Å². The van der Waals surface area contributed by atoms with Crippen molar-refractivity contribution in [3.8, 4) is 6.07 Å². The van der Waals surface area contributed by atoms with Gasteiger partial charge in [-0.2, -0.15) is 5.26 Å². The molecule has 0 bridgehead atoms. The third-order valence-electron chi connectivity index (χ3n) is 4.05. The van der Waals surface area contributed by atoms with Crippen LogP contribution < -0.4 is 4.90 Å². The van der Waals surface area contributed by atoms with Crippen LogP contribution in [0.2, 0.25) is 0 Å². The van der Waals surface area contributed by atoms with Gasteiger partial charge in [-0.3, -0.25) is 0 Å². The Bertz CT molecular complexity index is 438. The van der Waals surface area contributed by atoms with Crippen molar-refractivity contribution in [1.82, 2.24) is 9.88 Å². The topological polar surface area (TPSA) is 43.2 Å². The average molecular weight is 258 g/mol. The minimum absolute atomic E-state index is 0.478. The van der Waals surface area contributed by atoms with E-state index < -0.39 is 0 Å². The van der Waals surface area contributed by atoms with Gasteiger partial charge in [0.1, 0.15) is 11.8 Å². The molecule has 0 radical (unpaired) electrons. The molecule has 0 saturated carbocycles. The smallest absolute Gasteiger partial charge is 0.140 e. The van der Waals surface area contributed by atoms with Crippen molar-refractivity contribution in [3.05, 3.63) is 24.0 Å². The zero-order chi connectivity index (χ0) is 13.8. The summed E-state index contributed by atoms with van der Waals surface area (Å²) in [4.78, 5) is 8.97. The second-order valence-corrected chi connectivity index (χ2v) is 5.49. The molecule has 0 aliphatic carbocycles. The van der Waals surface area contributed by atoms with Crippen LogP contribution in [0.1, 0.15) is 32.4 Å². The number of piperidine rings is 1. The number of rotatable bonds is 3. The van der Waals surface area contributed by atoms with Crippen LogP contribution in [0.5, 0.6) is 0 Å². The van der Waals surface area contributed by atoms with Gasteiger partial charge in [-0.25, -0.2) is 4.98 Å². The Morgan fingerprint density at radius 3 is 2.53 bits per heavy atom. The summed E-state index contributed by atoms with van der Waals surface area (Å²) in [7, 11) is 2.12. The molecule has 1 aromatic heterocycles. The van der Waals surface area contributed by atoms with Gasteiger partial charge in [0, 0.05) is 32.2 Å². The molecule has 1 fully saturated rings. The molecule has 102 valence electrons. The van der Waals surface area contributed by atoms with E-state index in [2.05, 4.69) is 41.7 Å². The zero-order valence-corrected chi connectivity index (χ0v) is 12.0. The van der Waals surface area contributed by atoms with Gasteiger partial charge >= 0.3 is 0 Å². The van der Waals surface area contributed by atoms with Crippen molar-refractivity contribution in [1.29, 1.82) is 5.26 Å². The molecule has 0 atom stereocenters. The molecular formula is C15H22N4. The fourth-order valence-electron chi connectivity index (χ4n) is 2.66. The Kier molecular flexibility index (Phi) is 4.39. The first-order chi connectivity index (χ1) is 9.11. The summed E-state index contributed by atoms with van der Waals surface area (Å²) in [6, 6.07) is 7.04. The first-order valence-corrected chi connectivity index (χ1v) is 6.95. The number of nitriles is 1. The van der Waals surface area contributed by atoms with E-state index in [9.17, 15) is 0 Å². The highest BCUT2D eigenvalue weighted by atomic mass is 15.2. The molecule has 1 aliphatic heterocycles. The predicted molar refractivity (Wildman–Crippen MR) is 77.1 cm³/mol. The van der Waals surface area contributed by atoms with E-state index in [4.69, 9.17) is 5.26 Å². The van der Waals surface area contributed by atoms with Crippen LogP contribution in [-0.4, -0.2) is 42.1 Å². The van der Waals surface area contributed by atoms with Crippen LogP contribution in [-0.2, 0) is 0 Å². The van der Waals surface area contributed by atoms with Crippen LogP contribution in [0.25, 0.3) is 0 Å². The normalized spacial score (nSPS) is 17.4. The minimum atomic E-state index is 0.478. The average Bonchev–Trinajstić information content (AvgIpc) is 2.46. The number of anilines is 1. The van der Waals surface area contributed by atoms with Gasteiger partial charge < -0.3 is 9.80 Å². The summed E-state index contributed by atoms with van der Waals surface area (Å²) in [6.45, 7) is 6.84. The highest BCUT2D eigenvalue weighted by Crippen LogP contribution is 2.22. The standard InChI is InChI=1S/C15H22N4/c1-12(2)19-8-6-14(7-9-19)18(3)15-5-4-13(10-16)17-11-15/h4-5,11-12,14H,6-9H2,1-3H3. The van der Waals surface area contributed by atoms with Gasteiger partial charge in [-0.1, -0.05) is 0 Å². The highest BCUT2D eigenvalue weighted by molar-refractivity contribution is 5.46. The Morgan fingerprint density at radius 2 is 2.05 bits per heavy atom. The summed E-state index contributed by atoms with van der Waals surface area (Å²) in [5.74, 6) is 0. The monoisotopic (exact) mass is 258 g/mol. The minimum Gasteiger partial charge on any atom is -0.370 e. The lowest BCUT2D eigenvalue weighted by Gasteiger charge is -2.39. The van der Waals surface area contributed by atoms with Crippen LogP contribution in [0.15, 0.2) is 18.3 Å². The van der Waals surface area contributed by atoms with E-state index in [1.165, 1.54) is 12.8 Å². The Labute approximate surface area is 115 Å². The van der Waals surface area contributed by atoms with E-state index in [-0.39, 0.29) is 0 Å². The van der Waals surface area contributed by atoms with Crippen LogP contribution in [0.3, 0.4) is 0 Å². The van der Waals surface area contributed by atoms with E-state index in [0.717, 1.165) is 18.8 Å². The number of aromatic nitrogens is 1. The van der Waals surface area contributed by atoms with Crippen molar-refractivity contribution in [3.63, 3.8) is 0 Å². The fourth-order valence-corrected chi connectivity index (χ4v) is 2.66. The van der Waals surface area contributed by atoms with Gasteiger partial charge in [-0.15, -0.1) is 0 Å². The van der Waals surface area contributed by atoms with Crippen molar-refractivity contribution in [2.24, 2.45) is 0 Å². The number of hydrogen-bond acceptors (Lipinski definition) is 4. The van der Waals surface area contributed by atoms with E-state index in [0.29, 0.717) is 17.8 Å². The molecule has 2 rings (SSSR count). The Morgan fingerprint density at radius 1 is 1.37 bits per heavy atom. The predicted octanol–water partition coefficient (Wildman–Crippen LogP) is 2.26. The summed E-state index contributed by atoms with van der Waals surface area (Å²) < 4.78 is 0. The maximum Gasteiger partial charge on any atom is 0.140 e. The molecular weight excluding hydrogens is 236 g/mol. The first kappa shape index (κ1) is 13.8. The molecule has 4 nitrogen and oxygen atoms in total. The van der Waals surface area contributed by atoms with Crippen LogP contribution in [0, 0.1) is 11.3 Å². The molecule has 1 saturated heterocycles. The van der Waals surface area contributed by atoms with Gasteiger partial charge in [0.25, 0.3) is 0 Å². The van der Waals surface area contributed by atoms with Crippen molar-refractivity contribution < 1.29 is 0 Å². The molecule has 0 N–H and O–H groups in total. The maximum absolute atomic E-state index is 8.77. The molecule has 0 aromatic carbocycles. The van der Waals surface area contributed by atoms with Crippen molar-refractivity contribution in [2.75, 3.05) is 25.0 Å². The quantitative estimate of drug-likeness (QED) is 0.834. The summed E-state index contributed by atoms with van der Waals surface area (Å²) in [5, 5.41) is 8.77. The van der Waals surface area contributed by atoms with Gasteiger partial charge in [0.05, 0.1) is 11.9 Å². The highest BCUT2D eigenvalue weighted by Gasteiger charge is 2.23. The largest absolute Gasteiger partial charge is 0.370 e. The summed E-state index contributed by atoms with van der Waals surface area (Å²) >= 11 is 0. The molecule has 2 heterocycles. The zero-order valence-electron chi connectivity index (χ0n) is 12.0. The number of pyridine rings is 1. The van der Waals surface area contributed by atoms with Gasteiger partial charge in [-0.05, 0) is 38.8 Å². The summed E-state index contributed by atoms with van der Waals surface area (Å²) in [6.07, 6.45) is 4.18. The molecule has 4 heteroatoms. The van der Waals surface area contributed by atoms with E-state index in [1.807, 2.05) is 6.07 Å².